The van der Waals surface area contributed by atoms with Crippen LogP contribution in [0.15, 0.2) is 10.9 Å². The number of anilines is 1. The van der Waals surface area contributed by atoms with Gasteiger partial charge in [-0.15, -0.1) is 5.10 Å². The number of fused-ring (bicyclic) bond motifs is 1. The van der Waals surface area contributed by atoms with Gasteiger partial charge in [-0.05, 0) is 57.7 Å². The number of hydrogen-bond acceptors (Lipinski definition) is 7. The zero-order chi connectivity index (χ0) is 20.2. The van der Waals surface area contributed by atoms with E-state index in [9.17, 15) is 9.59 Å². The Bertz CT molecular complexity index is 896. The lowest BCUT2D eigenvalue weighted by Gasteiger charge is -2.29. The number of hydrogen-bond donors (Lipinski definition) is 1. The summed E-state index contributed by atoms with van der Waals surface area (Å²) in [7, 11) is 0. The number of nitrogens with one attached hydrogen (secondary N) is 1. The molecular formula is C20H30N6O2S. The lowest BCUT2D eigenvalue weighted by molar-refractivity contribution is 0.0943. The first kappa shape index (κ1) is 20.3. The number of likely N-dealkylation sites (tertiary alicyclic amines) is 1. The lowest BCUT2D eigenvalue weighted by atomic mass is 10.00. The molecule has 158 valence electrons. The maximum atomic E-state index is 12.7. The predicted octanol–water partition coefficient (Wildman–Crippen LogP) is 1.99. The molecule has 2 aromatic heterocycles. The second-order valence-corrected chi connectivity index (χ2v) is 9.17. The highest BCUT2D eigenvalue weighted by Gasteiger charge is 2.22. The summed E-state index contributed by atoms with van der Waals surface area (Å²) in [6.07, 6.45) is 7.03. The Labute approximate surface area is 174 Å². The topological polar surface area (TPSA) is 82.8 Å². The summed E-state index contributed by atoms with van der Waals surface area (Å²) < 4.78 is 1.53. The van der Waals surface area contributed by atoms with Crippen molar-refractivity contribution >= 4 is 27.3 Å². The molecular weight excluding hydrogens is 388 g/mol. The molecule has 0 spiro atoms. The Morgan fingerprint density at radius 1 is 1.21 bits per heavy atom. The number of rotatable bonds is 6. The molecule has 2 aromatic rings. The molecule has 8 nitrogen and oxygen atoms in total. The van der Waals surface area contributed by atoms with Gasteiger partial charge >= 0.3 is 0 Å². The third kappa shape index (κ3) is 4.95. The Morgan fingerprint density at radius 2 is 1.97 bits per heavy atom. The number of nitrogens with zero attached hydrogens (tertiary/aromatic N) is 5. The van der Waals surface area contributed by atoms with E-state index in [-0.39, 0.29) is 11.6 Å². The number of aromatic nitrogens is 3. The Kier molecular flexibility index (Phi) is 6.44. The maximum Gasteiger partial charge on any atom is 0.274 e. The molecule has 0 saturated carbocycles. The van der Waals surface area contributed by atoms with E-state index in [4.69, 9.17) is 0 Å². The first-order valence-electron chi connectivity index (χ1n) is 10.8. The second kappa shape index (κ2) is 9.21. The monoisotopic (exact) mass is 418 g/mol. The van der Waals surface area contributed by atoms with Gasteiger partial charge in [0, 0.05) is 25.7 Å². The molecule has 0 unspecified atom stereocenters. The lowest BCUT2D eigenvalue weighted by Crippen LogP contribution is -2.34. The fourth-order valence-corrected chi connectivity index (χ4v) is 5.03. The van der Waals surface area contributed by atoms with E-state index in [1.807, 2.05) is 0 Å². The number of piperidine rings is 2. The summed E-state index contributed by atoms with van der Waals surface area (Å²) in [5.41, 5.74) is -0.128. The molecule has 2 aliphatic rings. The van der Waals surface area contributed by atoms with Crippen LogP contribution in [-0.2, 0) is 0 Å². The van der Waals surface area contributed by atoms with Gasteiger partial charge in [0.1, 0.15) is 5.69 Å². The van der Waals surface area contributed by atoms with Gasteiger partial charge in [0.25, 0.3) is 11.5 Å². The van der Waals surface area contributed by atoms with Crippen molar-refractivity contribution in [3.05, 3.63) is 22.1 Å². The zero-order valence-corrected chi connectivity index (χ0v) is 17.9. The van der Waals surface area contributed by atoms with Crippen LogP contribution in [0.3, 0.4) is 0 Å². The fourth-order valence-electron chi connectivity index (χ4n) is 4.07. The normalized spacial score (nSPS) is 19.0. The van der Waals surface area contributed by atoms with Crippen LogP contribution < -0.4 is 15.8 Å². The first-order chi connectivity index (χ1) is 14.1. The largest absolute Gasteiger partial charge is 0.351 e. The molecule has 0 radical (unpaired) electrons. The van der Waals surface area contributed by atoms with Crippen molar-refractivity contribution in [1.29, 1.82) is 0 Å². The van der Waals surface area contributed by atoms with Gasteiger partial charge in [-0.2, -0.15) is 9.50 Å². The van der Waals surface area contributed by atoms with E-state index in [0.29, 0.717) is 11.5 Å². The Balaban J connectivity index is 1.41. The van der Waals surface area contributed by atoms with Gasteiger partial charge < -0.3 is 15.1 Å². The van der Waals surface area contributed by atoms with Crippen LogP contribution in [0.1, 0.15) is 55.9 Å². The highest BCUT2D eigenvalue weighted by Crippen LogP contribution is 2.27. The van der Waals surface area contributed by atoms with Crippen LogP contribution in [0.4, 0.5) is 5.13 Å². The molecule has 4 heterocycles. The van der Waals surface area contributed by atoms with E-state index in [1.165, 1.54) is 41.2 Å². The number of carbonyl (C=O) groups is 1. The average Bonchev–Trinajstić information content (AvgIpc) is 3.15. The molecule has 0 bridgehead atoms. The molecule has 2 aliphatic heterocycles. The summed E-state index contributed by atoms with van der Waals surface area (Å²) in [6.45, 7) is 8.07. The van der Waals surface area contributed by atoms with Crippen molar-refractivity contribution in [2.24, 2.45) is 5.92 Å². The third-order valence-electron chi connectivity index (χ3n) is 5.92. The average molecular weight is 419 g/mol. The van der Waals surface area contributed by atoms with Gasteiger partial charge in [-0.25, -0.2) is 0 Å². The van der Waals surface area contributed by atoms with Gasteiger partial charge in [-0.1, -0.05) is 24.7 Å². The van der Waals surface area contributed by atoms with Crippen molar-refractivity contribution in [1.82, 2.24) is 24.8 Å². The summed E-state index contributed by atoms with van der Waals surface area (Å²) in [5, 5.41) is 8.39. The Morgan fingerprint density at radius 3 is 2.72 bits per heavy atom. The van der Waals surface area contributed by atoms with Crippen molar-refractivity contribution in [3.8, 4) is 0 Å². The summed E-state index contributed by atoms with van der Waals surface area (Å²) in [5.74, 6) is 0.466. The Hall–Kier alpha value is -2.00. The maximum absolute atomic E-state index is 12.7. The molecule has 0 aromatic carbocycles. The van der Waals surface area contributed by atoms with E-state index < -0.39 is 5.56 Å². The molecule has 0 aliphatic carbocycles. The predicted molar refractivity (Wildman–Crippen MR) is 115 cm³/mol. The van der Waals surface area contributed by atoms with Crippen LogP contribution in [0.2, 0.25) is 0 Å². The van der Waals surface area contributed by atoms with Crippen molar-refractivity contribution in [3.63, 3.8) is 0 Å². The number of amides is 1. The minimum Gasteiger partial charge on any atom is -0.351 e. The van der Waals surface area contributed by atoms with Crippen LogP contribution in [0.5, 0.6) is 0 Å². The molecule has 2 saturated heterocycles. The van der Waals surface area contributed by atoms with Crippen LogP contribution >= 0.6 is 11.3 Å². The van der Waals surface area contributed by atoms with Crippen molar-refractivity contribution in [2.45, 2.75) is 45.4 Å². The molecule has 1 N–H and O–H groups in total. The molecule has 29 heavy (non-hydrogen) atoms. The summed E-state index contributed by atoms with van der Waals surface area (Å²) in [6, 6.07) is 1.29. The third-order valence-corrected chi connectivity index (χ3v) is 6.88. The summed E-state index contributed by atoms with van der Waals surface area (Å²) in [4.78, 5) is 34.0. The van der Waals surface area contributed by atoms with E-state index in [0.717, 1.165) is 63.0 Å². The van der Waals surface area contributed by atoms with E-state index in [2.05, 4.69) is 32.1 Å². The van der Waals surface area contributed by atoms with Crippen molar-refractivity contribution in [2.75, 3.05) is 44.2 Å². The van der Waals surface area contributed by atoms with Crippen LogP contribution in [-0.4, -0.2) is 64.7 Å². The fraction of sp³-hybridized carbons (Fsp3) is 0.700. The molecule has 4 rings (SSSR count). The highest BCUT2D eigenvalue weighted by atomic mass is 32.1. The molecule has 2 fully saturated rings. The minimum absolute atomic E-state index is 0.262. The second-order valence-electron chi connectivity index (χ2n) is 8.24. The van der Waals surface area contributed by atoms with Gasteiger partial charge in [0.05, 0.1) is 0 Å². The van der Waals surface area contributed by atoms with Gasteiger partial charge in [-0.3, -0.25) is 9.59 Å². The van der Waals surface area contributed by atoms with Crippen LogP contribution in [0, 0.1) is 5.92 Å². The molecule has 0 atom stereocenters. The van der Waals surface area contributed by atoms with Crippen molar-refractivity contribution < 1.29 is 4.79 Å². The number of carbonyl (C=O) groups excluding carboxylic acids is 1. The molecule has 9 heteroatoms. The minimum atomic E-state index is -0.397. The first-order valence-corrected chi connectivity index (χ1v) is 11.6. The quantitative estimate of drug-likeness (QED) is 0.723. The SMILES string of the molecule is CC1CCN(c2nn3c(C(=O)NCCCN4CCCCC4)cc(=O)nc3s2)CC1. The molecule has 1 amide bonds. The van der Waals surface area contributed by atoms with E-state index >= 15 is 0 Å². The van der Waals surface area contributed by atoms with E-state index in [1.54, 1.807) is 0 Å². The van der Waals surface area contributed by atoms with Crippen LogP contribution in [0.25, 0.3) is 4.96 Å². The van der Waals surface area contributed by atoms with Gasteiger partial charge in [0.2, 0.25) is 10.1 Å². The van der Waals surface area contributed by atoms with Gasteiger partial charge in [0.15, 0.2) is 0 Å². The summed E-state index contributed by atoms with van der Waals surface area (Å²) >= 11 is 1.38. The standard InChI is InChI=1S/C20H30N6O2S/c1-15-6-12-25(13-7-15)20-23-26-16(14-17(27)22-19(26)29-20)18(28)21-8-5-11-24-9-3-2-4-10-24/h14-15H,2-13H2,1H3,(H,21,28). The zero-order valence-electron chi connectivity index (χ0n) is 17.1. The highest BCUT2D eigenvalue weighted by molar-refractivity contribution is 7.20. The smallest absolute Gasteiger partial charge is 0.274 e.